The first-order valence-corrected chi connectivity index (χ1v) is 11.2. The number of hydrogen-bond donors (Lipinski definition) is 1. The summed E-state index contributed by atoms with van der Waals surface area (Å²) in [5.41, 5.74) is 0.764. The Bertz CT molecular complexity index is 1040. The third kappa shape index (κ3) is 4.83. The number of aromatic nitrogens is 2. The minimum absolute atomic E-state index is 0.153. The lowest BCUT2D eigenvalue weighted by Crippen LogP contribution is -2.41. The maximum atomic E-state index is 12.8. The van der Waals surface area contributed by atoms with E-state index in [1.807, 2.05) is 26.8 Å². The van der Waals surface area contributed by atoms with Crippen LogP contribution in [-0.4, -0.2) is 41.7 Å². The molecule has 0 atom stereocenters. The Morgan fingerprint density at radius 3 is 2.20 bits per heavy atom. The van der Waals surface area contributed by atoms with E-state index in [4.69, 9.17) is 5.26 Å². The van der Waals surface area contributed by atoms with Crippen LogP contribution >= 0.6 is 0 Å². The van der Waals surface area contributed by atoms with Crippen molar-refractivity contribution in [3.05, 3.63) is 48.0 Å². The minimum atomic E-state index is -3.64. The van der Waals surface area contributed by atoms with Crippen LogP contribution in [0.3, 0.4) is 0 Å². The quantitative estimate of drug-likeness (QED) is 0.802. The average molecular weight is 428 g/mol. The van der Waals surface area contributed by atoms with Gasteiger partial charge in [-0.2, -0.15) is 9.57 Å². The number of nitriles is 1. The summed E-state index contributed by atoms with van der Waals surface area (Å²) < 4.78 is 27.0. The summed E-state index contributed by atoms with van der Waals surface area (Å²) in [4.78, 5) is 21.3. The summed E-state index contributed by atoms with van der Waals surface area (Å²) >= 11 is 0. The zero-order valence-electron chi connectivity index (χ0n) is 17.3. The van der Waals surface area contributed by atoms with Crippen molar-refractivity contribution >= 4 is 21.6 Å². The van der Waals surface area contributed by atoms with E-state index < -0.39 is 10.0 Å². The number of sulfonamides is 1. The van der Waals surface area contributed by atoms with E-state index in [0.717, 1.165) is 0 Å². The molecule has 2 aromatic rings. The molecule has 30 heavy (non-hydrogen) atoms. The van der Waals surface area contributed by atoms with Crippen LogP contribution < -0.4 is 5.32 Å². The Hall–Kier alpha value is -2.83. The summed E-state index contributed by atoms with van der Waals surface area (Å²) in [6, 6.07) is 7.82. The Morgan fingerprint density at radius 2 is 1.70 bits per heavy atom. The van der Waals surface area contributed by atoms with Crippen molar-refractivity contribution in [2.75, 3.05) is 18.4 Å². The van der Waals surface area contributed by atoms with Crippen LogP contribution in [0.15, 0.2) is 41.6 Å². The molecule has 0 spiro atoms. The van der Waals surface area contributed by atoms with Gasteiger partial charge in [0.1, 0.15) is 5.82 Å². The standard InChI is InChI=1S/C21H25N5O3S/c1-21(2,3)20-23-13-17(14-24-20)25-19(27)16-8-10-26(11-9-16)30(28,29)18-6-4-15(12-22)5-7-18/h4-7,13-14,16H,8-11H2,1-3H3,(H,25,27). The Labute approximate surface area is 177 Å². The molecule has 1 fully saturated rings. The molecule has 0 bridgehead atoms. The molecule has 1 aliphatic heterocycles. The summed E-state index contributed by atoms with van der Waals surface area (Å²) in [5, 5.41) is 11.7. The molecular formula is C21H25N5O3S. The number of benzene rings is 1. The van der Waals surface area contributed by atoms with Gasteiger partial charge in [-0.05, 0) is 37.1 Å². The summed E-state index contributed by atoms with van der Waals surface area (Å²) in [7, 11) is -3.64. The number of carbonyl (C=O) groups excluding carboxylic acids is 1. The van der Waals surface area contributed by atoms with E-state index in [1.54, 1.807) is 12.4 Å². The monoisotopic (exact) mass is 427 g/mol. The van der Waals surface area contributed by atoms with Crippen LogP contribution in [0.4, 0.5) is 5.69 Å². The van der Waals surface area contributed by atoms with Crippen molar-refractivity contribution in [3.8, 4) is 6.07 Å². The number of nitrogens with one attached hydrogen (secondary N) is 1. The highest BCUT2D eigenvalue weighted by Gasteiger charge is 2.32. The molecule has 3 rings (SSSR count). The lowest BCUT2D eigenvalue weighted by atomic mass is 9.96. The highest BCUT2D eigenvalue weighted by atomic mass is 32.2. The van der Waals surface area contributed by atoms with Gasteiger partial charge >= 0.3 is 0 Å². The smallest absolute Gasteiger partial charge is 0.243 e. The van der Waals surface area contributed by atoms with Gasteiger partial charge in [0, 0.05) is 24.4 Å². The molecule has 9 heteroatoms. The number of amides is 1. The molecule has 1 amide bonds. The van der Waals surface area contributed by atoms with Crippen LogP contribution in [0.2, 0.25) is 0 Å². The molecule has 0 unspecified atom stereocenters. The third-order valence-corrected chi connectivity index (χ3v) is 6.95. The first-order chi connectivity index (χ1) is 14.1. The fourth-order valence-electron chi connectivity index (χ4n) is 3.23. The Balaban J connectivity index is 1.59. The number of rotatable bonds is 4. The molecule has 1 aliphatic rings. The van der Waals surface area contributed by atoms with Crippen LogP contribution in [0, 0.1) is 17.2 Å². The van der Waals surface area contributed by atoms with Gasteiger partial charge in [-0.3, -0.25) is 4.79 Å². The van der Waals surface area contributed by atoms with E-state index in [9.17, 15) is 13.2 Å². The zero-order valence-corrected chi connectivity index (χ0v) is 18.1. The second-order valence-corrected chi connectivity index (χ2v) is 10.3. The number of anilines is 1. The van der Waals surface area contributed by atoms with E-state index in [1.165, 1.54) is 28.6 Å². The highest BCUT2D eigenvalue weighted by Crippen LogP contribution is 2.25. The van der Waals surface area contributed by atoms with Gasteiger partial charge in [0.05, 0.1) is 34.6 Å². The maximum Gasteiger partial charge on any atom is 0.243 e. The number of piperidine rings is 1. The lowest BCUT2D eigenvalue weighted by Gasteiger charge is -2.30. The zero-order chi connectivity index (χ0) is 21.9. The Kier molecular flexibility index (Phi) is 6.19. The van der Waals surface area contributed by atoms with Crippen LogP contribution in [0.5, 0.6) is 0 Å². The summed E-state index contributed by atoms with van der Waals surface area (Å²) in [6.45, 7) is 6.57. The topological polar surface area (TPSA) is 116 Å². The van der Waals surface area contributed by atoms with Crippen molar-refractivity contribution in [3.63, 3.8) is 0 Å². The fourth-order valence-corrected chi connectivity index (χ4v) is 4.70. The van der Waals surface area contributed by atoms with E-state index in [-0.39, 0.29) is 35.2 Å². The number of carbonyl (C=O) groups is 1. The third-order valence-electron chi connectivity index (χ3n) is 5.04. The summed E-state index contributed by atoms with van der Waals surface area (Å²) in [5.74, 6) is 0.263. The number of nitrogens with zero attached hydrogens (tertiary/aromatic N) is 4. The maximum absolute atomic E-state index is 12.8. The van der Waals surface area contributed by atoms with Gasteiger partial charge in [0.15, 0.2) is 0 Å². The molecule has 0 saturated carbocycles. The normalized spacial score (nSPS) is 16.1. The van der Waals surface area contributed by atoms with Crippen molar-refractivity contribution in [2.24, 2.45) is 5.92 Å². The second-order valence-electron chi connectivity index (χ2n) is 8.35. The van der Waals surface area contributed by atoms with Crippen molar-refractivity contribution in [2.45, 2.75) is 43.9 Å². The number of hydrogen-bond acceptors (Lipinski definition) is 6. The molecule has 2 heterocycles. The van der Waals surface area contributed by atoms with Gasteiger partial charge in [-0.15, -0.1) is 0 Å². The molecule has 158 valence electrons. The van der Waals surface area contributed by atoms with Crippen LogP contribution in [0.1, 0.15) is 45.0 Å². The first kappa shape index (κ1) is 21.9. The second kappa shape index (κ2) is 8.50. The van der Waals surface area contributed by atoms with Gasteiger partial charge in [0.2, 0.25) is 15.9 Å². The summed E-state index contributed by atoms with van der Waals surface area (Å²) in [6.07, 6.45) is 4.05. The fraction of sp³-hybridized carbons (Fsp3) is 0.429. The van der Waals surface area contributed by atoms with Crippen LogP contribution in [0.25, 0.3) is 0 Å². The molecule has 0 radical (unpaired) electrons. The van der Waals surface area contributed by atoms with Gasteiger partial charge in [0.25, 0.3) is 0 Å². The van der Waals surface area contributed by atoms with Gasteiger partial charge in [-0.25, -0.2) is 18.4 Å². The first-order valence-electron chi connectivity index (χ1n) is 9.75. The Morgan fingerprint density at radius 1 is 1.13 bits per heavy atom. The van der Waals surface area contributed by atoms with Gasteiger partial charge in [-0.1, -0.05) is 20.8 Å². The molecule has 1 N–H and O–H groups in total. The molecule has 0 aliphatic carbocycles. The van der Waals surface area contributed by atoms with E-state index in [2.05, 4.69) is 15.3 Å². The minimum Gasteiger partial charge on any atom is -0.323 e. The molecule has 8 nitrogen and oxygen atoms in total. The molecule has 1 saturated heterocycles. The molecule has 1 aromatic heterocycles. The predicted molar refractivity (Wildman–Crippen MR) is 112 cm³/mol. The highest BCUT2D eigenvalue weighted by molar-refractivity contribution is 7.89. The molecule has 1 aromatic carbocycles. The van der Waals surface area contributed by atoms with Crippen molar-refractivity contribution in [1.82, 2.24) is 14.3 Å². The molecular weight excluding hydrogens is 402 g/mol. The van der Waals surface area contributed by atoms with E-state index in [0.29, 0.717) is 29.9 Å². The SMILES string of the molecule is CC(C)(C)c1ncc(NC(=O)C2CCN(S(=O)(=O)c3ccc(C#N)cc3)CC2)cn1. The van der Waals surface area contributed by atoms with Crippen molar-refractivity contribution < 1.29 is 13.2 Å². The lowest BCUT2D eigenvalue weighted by molar-refractivity contribution is -0.120. The largest absolute Gasteiger partial charge is 0.323 e. The van der Waals surface area contributed by atoms with Gasteiger partial charge < -0.3 is 5.32 Å². The van der Waals surface area contributed by atoms with Crippen LogP contribution in [-0.2, 0) is 20.2 Å². The van der Waals surface area contributed by atoms with Crippen molar-refractivity contribution in [1.29, 1.82) is 5.26 Å². The van der Waals surface area contributed by atoms with E-state index >= 15 is 0 Å². The predicted octanol–water partition coefficient (Wildman–Crippen LogP) is 2.69. The average Bonchev–Trinajstić information content (AvgIpc) is 2.73.